The first kappa shape index (κ1) is 15.9. The van der Waals surface area contributed by atoms with Crippen molar-refractivity contribution < 1.29 is 13.2 Å². The number of nitrogens with zero attached hydrogens (tertiary/aromatic N) is 1. The highest BCUT2D eigenvalue weighted by atomic mass is 32.2. The Kier molecular flexibility index (Phi) is 4.74. The highest BCUT2D eigenvalue weighted by Gasteiger charge is 2.11. The van der Waals surface area contributed by atoms with Gasteiger partial charge in [-0.2, -0.15) is 0 Å². The van der Waals surface area contributed by atoms with Crippen molar-refractivity contribution in [2.45, 2.75) is 11.4 Å². The maximum atomic E-state index is 12.1. The molecule has 1 heterocycles. The van der Waals surface area contributed by atoms with Gasteiger partial charge in [-0.1, -0.05) is 12.1 Å². The number of nitrogens with two attached hydrogens (primary N) is 1. The summed E-state index contributed by atoms with van der Waals surface area (Å²) in [6.45, 7) is 0.266. The van der Waals surface area contributed by atoms with Gasteiger partial charge in [-0.05, 0) is 29.8 Å². The molecule has 0 fully saturated rings. The van der Waals surface area contributed by atoms with Gasteiger partial charge in [0.15, 0.2) is 0 Å². The summed E-state index contributed by atoms with van der Waals surface area (Å²) in [6.07, 6.45) is 1.59. The lowest BCUT2D eigenvalue weighted by Gasteiger charge is -2.09. The van der Waals surface area contributed by atoms with Crippen molar-refractivity contribution in [3.05, 3.63) is 53.7 Å². The number of anilines is 1. The minimum Gasteiger partial charge on any atom is -0.372 e. The summed E-state index contributed by atoms with van der Waals surface area (Å²) in [5.41, 5.74) is 1.20. The number of sulfonamides is 1. The van der Waals surface area contributed by atoms with Gasteiger partial charge in [-0.15, -0.1) is 0 Å². The molecule has 2 aromatic rings. The van der Waals surface area contributed by atoms with Gasteiger partial charge in [0.1, 0.15) is 5.82 Å². The van der Waals surface area contributed by atoms with Gasteiger partial charge in [0, 0.05) is 19.8 Å². The molecule has 7 nitrogen and oxygen atoms in total. The summed E-state index contributed by atoms with van der Waals surface area (Å²) in [7, 11) is -2.02. The Morgan fingerprint density at radius 2 is 1.91 bits per heavy atom. The van der Waals surface area contributed by atoms with Gasteiger partial charge >= 0.3 is 0 Å². The lowest BCUT2D eigenvalue weighted by molar-refractivity contribution is 0.0951. The second-order valence-electron chi connectivity index (χ2n) is 4.52. The monoisotopic (exact) mass is 320 g/mol. The molecule has 0 aliphatic carbocycles. The third-order valence-electron chi connectivity index (χ3n) is 2.99. The Morgan fingerprint density at radius 3 is 2.50 bits per heavy atom. The predicted octanol–water partition coefficient (Wildman–Crippen LogP) is 0.701. The second kappa shape index (κ2) is 6.54. The van der Waals surface area contributed by atoms with Crippen molar-refractivity contribution in [3.63, 3.8) is 0 Å². The number of hydrogen-bond donors (Lipinski definition) is 3. The summed E-state index contributed by atoms with van der Waals surface area (Å²) >= 11 is 0. The Bertz CT molecular complexity index is 773. The number of carbonyl (C=O) groups excluding carboxylic acids is 1. The zero-order valence-electron chi connectivity index (χ0n) is 11.9. The molecule has 0 aliphatic heterocycles. The smallest absolute Gasteiger partial charge is 0.255 e. The molecule has 0 atom stereocenters. The van der Waals surface area contributed by atoms with Crippen LogP contribution in [0.15, 0.2) is 47.5 Å². The van der Waals surface area contributed by atoms with Gasteiger partial charge < -0.3 is 10.6 Å². The van der Waals surface area contributed by atoms with E-state index in [0.29, 0.717) is 11.4 Å². The lowest BCUT2D eigenvalue weighted by atomic mass is 10.2. The van der Waals surface area contributed by atoms with Crippen molar-refractivity contribution in [3.8, 4) is 0 Å². The van der Waals surface area contributed by atoms with E-state index < -0.39 is 10.0 Å². The quantitative estimate of drug-likeness (QED) is 0.750. The highest BCUT2D eigenvalue weighted by Crippen LogP contribution is 2.11. The lowest BCUT2D eigenvalue weighted by Crippen LogP contribution is -2.24. The molecule has 0 radical (unpaired) electrons. The van der Waals surface area contributed by atoms with Crippen LogP contribution >= 0.6 is 0 Å². The van der Waals surface area contributed by atoms with Crippen LogP contribution in [-0.4, -0.2) is 26.4 Å². The second-order valence-corrected chi connectivity index (χ2v) is 6.08. The van der Waals surface area contributed by atoms with Crippen LogP contribution < -0.4 is 15.8 Å². The molecule has 4 N–H and O–H groups in total. The number of nitrogens with one attached hydrogen (secondary N) is 2. The Morgan fingerprint density at radius 1 is 1.23 bits per heavy atom. The zero-order chi connectivity index (χ0) is 16.2. The molecular weight excluding hydrogens is 304 g/mol. The fourth-order valence-electron chi connectivity index (χ4n) is 1.86. The molecule has 0 aliphatic rings. The van der Waals surface area contributed by atoms with Gasteiger partial charge in [-0.25, -0.2) is 18.5 Å². The van der Waals surface area contributed by atoms with Crippen molar-refractivity contribution in [2.24, 2.45) is 5.14 Å². The van der Waals surface area contributed by atoms with E-state index in [9.17, 15) is 13.2 Å². The number of primary sulfonamides is 1. The van der Waals surface area contributed by atoms with Crippen LogP contribution in [0.1, 0.15) is 15.9 Å². The Balaban J connectivity index is 2.05. The molecule has 2 rings (SSSR count). The number of benzene rings is 1. The molecule has 0 bridgehead atoms. The van der Waals surface area contributed by atoms with Gasteiger partial charge in [-0.3, -0.25) is 4.79 Å². The molecular formula is C14H16N4O3S. The van der Waals surface area contributed by atoms with Gasteiger partial charge in [0.2, 0.25) is 10.0 Å². The SMILES string of the molecule is CNc1ncccc1C(=O)NCc1ccc(S(N)(=O)=O)cc1. The predicted molar refractivity (Wildman–Crippen MR) is 82.8 cm³/mol. The van der Waals surface area contributed by atoms with E-state index in [2.05, 4.69) is 15.6 Å². The molecule has 0 spiro atoms. The highest BCUT2D eigenvalue weighted by molar-refractivity contribution is 7.89. The zero-order valence-corrected chi connectivity index (χ0v) is 12.7. The molecule has 116 valence electrons. The van der Waals surface area contributed by atoms with Crippen molar-refractivity contribution in [2.75, 3.05) is 12.4 Å². The van der Waals surface area contributed by atoms with Gasteiger partial charge in [0.05, 0.1) is 10.5 Å². The Hall–Kier alpha value is -2.45. The van der Waals surface area contributed by atoms with E-state index in [-0.39, 0.29) is 17.3 Å². The maximum Gasteiger partial charge on any atom is 0.255 e. The number of hydrogen-bond acceptors (Lipinski definition) is 5. The number of aromatic nitrogens is 1. The first-order chi connectivity index (χ1) is 10.4. The van der Waals surface area contributed by atoms with Crippen LogP contribution in [0.2, 0.25) is 0 Å². The van der Waals surface area contributed by atoms with Crippen molar-refractivity contribution >= 4 is 21.7 Å². The fraction of sp³-hybridized carbons (Fsp3) is 0.143. The number of pyridine rings is 1. The molecule has 0 saturated carbocycles. The minimum atomic E-state index is -3.71. The molecule has 0 unspecified atom stereocenters. The van der Waals surface area contributed by atoms with Crippen LogP contribution in [-0.2, 0) is 16.6 Å². The number of amides is 1. The standard InChI is InChI=1S/C14H16N4O3S/c1-16-13-12(3-2-8-17-13)14(19)18-9-10-4-6-11(7-5-10)22(15,20)21/h2-8H,9H2,1H3,(H,16,17)(H,18,19)(H2,15,20,21). The summed E-state index contributed by atoms with van der Waals surface area (Å²) < 4.78 is 22.3. The van der Waals surface area contributed by atoms with E-state index in [0.717, 1.165) is 5.56 Å². The third-order valence-corrected chi connectivity index (χ3v) is 3.92. The number of rotatable bonds is 5. The molecule has 1 amide bonds. The van der Waals surface area contributed by atoms with Crippen LogP contribution in [0.5, 0.6) is 0 Å². The molecule has 0 saturated heterocycles. The first-order valence-electron chi connectivity index (χ1n) is 6.44. The van der Waals surface area contributed by atoms with E-state index >= 15 is 0 Å². The van der Waals surface area contributed by atoms with Crippen LogP contribution in [0, 0.1) is 0 Å². The molecule has 1 aromatic heterocycles. The normalized spacial score (nSPS) is 11.0. The average molecular weight is 320 g/mol. The fourth-order valence-corrected chi connectivity index (χ4v) is 2.38. The molecule has 1 aromatic carbocycles. The maximum absolute atomic E-state index is 12.1. The van der Waals surface area contributed by atoms with E-state index in [4.69, 9.17) is 5.14 Å². The van der Waals surface area contributed by atoms with Crippen molar-refractivity contribution in [1.29, 1.82) is 0 Å². The van der Waals surface area contributed by atoms with Gasteiger partial charge in [0.25, 0.3) is 5.91 Å². The van der Waals surface area contributed by atoms with E-state index in [1.807, 2.05) is 0 Å². The summed E-state index contributed by atoms with van der Waals surface area (Å²) in [5, 5.41) is 10.6. The molecule has 22 heavy (non-hydrogen) atoms. The minimum absolute atomic E-state index is 0.0345. The van der Waals surface area contributed by atoms with E-state index in [1.165, 1.54) is 12.1 Å². The largest absolute Gasteiger partial charge is 0.372 e. The van der Waals surface area contributed by atoms with E-state index in [1.54, 1.807) is 37.5 Å². The number of carbonyl (C=O) groups is 1. The summed E-state index contributed by atoms with van der Waals surface area (Å²) in [4.78, 5) is 16.2. The molecule has 8 heteroatoms. The average Bonchev–Trinajstić information content (AvgIpc) is 2.52. The van der Waals surface area contributed by atoms with Crippen LogP contribution in [0.3, 0.4) is 0 Å². The first-order valence-corrected chi connectivity index (χ1v) is 7.99. The Labute approximate surface area is 128 Å². The van der Waals surface area contributed by atoms with Crippen LogP contribution in [0.4, 0.5) is 5.82 Å². The summed E-state index contributed by atoms with van der Waals surface area (Å²) in [6, 6.07) is 9.35. The van der Waals surface area contributed by atoms with Crippen molar-refractivity contribution in [1.82, 2.24) is 10.3 Å². The third kappa shape index (κ3) is 3.80. The van der Waals surface area contributed by atoms with Crippen LogP contribution in [0.25, 0.3) is 0 Å². The topological polar surface area (TPSA) is 114 Å². The summed E-state index contributed by atoms with van der Waals surface area (Å²) in [5.74, 6) is 0.220.